The van der Waals surface area contributed by atoms with Crippen LogP contribution in [0.2, 0.25) is 19.6 Å². The number of Topliss-reactive ketones (excluding diaryl/α,β-unsaturated/α-hetero) is 1. The molecule has 35 heavy (non-hydrogen) atoms. The number of nitrogens with one attached hydrogen (secondary N) is 1. The van der Waals surface area contributed by atoms with Crippen LogP contribution in [-0.4, -0.2) is 62.6 Å². The monoisotopic (exact) mass is 506 g/mol. The van der Waals surface area contributed by atoms with Crippen LogP contribution in [0.25, 0.3) is 0 Å². The highest BCUT2D eigenvalue weighted by Gasteiger charge is 2.31. The van der Waals surface area contributed by atoms with Gasteiger partial charge in [-0.05, 0) is 25.5 Å². The summed E-state index contributed by atoms with van der Waals surface area (Å²) in [5, 5.41) is 0. The van der Waals surface area contributed by atoms with E-state index in [1.165, 1.54) is 7.11 Å². The third kappa shape index (κ3) is 9.37. The maximum absolute atomic E-state index is 13.3. The van der Waals surface area contributed by atoms with Crippen molar-refractivity contribution in [1.82, 2.24) is 9.97 Å². The fraction of sp³-hybridized carbons (Fsp3) is 0.560. The Labute approximate surface area is 208 Å². The molecule has 1 heterocycles. The highest BCUT2D eigenvalue weighted by Crippen LogP contribution is 2.28. The summed E-state index contributed by atoms with van der Waals surface area (Å²) in [5.41, 5.74) is 0.0643. The molecular formula is C25H38N2O7Si. The van der Waals surface area contributed by atoms with Crippen LogP contribution in [-0.2, 0) is 20.7 Å². The Morgan fingerprint density at radius 2 is 1.91 bits per heavy atom. The van der Waals surface area contributed by atoms with Gasteiger partial charge in [-0.3, -0.25) is 4.79 Å². The number of aromatic amines is 1. The van der Waals surface area contributed by atoms with E-state index in [0.29, 0.717) is 17.2 Å². The van der Waals surface area contributed by atoms with Gasteiger partial charge in [0.2, 0.25) is 5.88 Å². The molecule has 0 fully saturated rings. The van der Waals surface area contributed by atoms with Gasteiger partial charge in [0.05, 0.1) is 39.3 Å². The van der Waals surface area contributed by atoms with E-state index in [0.717, 1.165) is 25.1 Å². The van der Waals surface area contributed by atoms with Crippen LogP contribution in [0.5, 0.6) is 17.4 Å². The Morgan fingerprint density at radius 1 is 1.14 bits per heavy atom. The third-order valence-corrected chi connectivity index (χ3v) is 7.64. The standard InChI is InChI=1S/C25H38N2O7Si/c1-7-9-10-22-26-15-23(27-22)33-17-34-25(35(4,5)6)14-20(28)19-12-11-18(30-3)13-21(19)32-16-24(29)31-8-2/h11-13,15,25H,7-10,14,16-17H2,1-6H3,(H,26,27). The number of hydrogen-bond acceptors (Lipinski definition) is 8. The lowest BCUT2D eigenvalue weighted by molar-refractivity contribution is -0.145. The lowest BCUT2D eigenvalue weighted by Crippen LogP contribution is -2.42. The molecule has 1 aromatic heterocycles. The molecule has 0 aliphatic rings. The van der Waals surface area contributed by atoms with Gasteiger partial charge in [0.1, 0.15) is 17.3 Å². The second kappa shape index (κ2) is 13.9. The Kier molecular flexibility index (Phi) is 11.3. The average molecular weight is 507 g/mol. The maximum atomic E-state index is 13.3. The molecule has 0 aliphatic heterocycles. The predicted molar refractivity (Wildman–Crippen MR) is 135 cm³/mol. The van der Waals surface area contributed by atoms with E-state index in [-0.39, 0.29) is 43.7 Å². The van der Waals surface area contributed by atoms with Gasteiger partial charge in [-0.2, -0.15) is 0 Å². The molecule has 1 N–H and O–H groups in total. The number of methoxy groups -OCH3 is 1. The van der Waals surface area contributed by atoms with Gasteiger partial charge < -0.3 is 28.7 Å². The molecule has 0 radical (unpaired) electrons. The number of hydrogen-bond donors (Lipinski definition) is 1. The fourth-order valence-electron chi connectivity index (χ4n) is 3.28. The molecule has 0 spiro atoms. The minimum Gasteiger partial charge on any atom is -0.497 e. The van der Waals surface area contributed by atoms with E-state index in [9.17, 15) is 9.59 Å². The molecule has 0 amide bonds. The summed E-state index contributed by atoms with van der Waals surface area (Å²) in [6.07, 6.45) is 4.82. The number of imidazole rings is 1. The quantitative estimate of drug-likeness (QED) is 0.153. The number of aryl methyl sites for hydroxylation is 1. The van der Waals surface area contributed by atoms with Crippen LogP contribution < -0.4 is 14.2 Å². The molecule has 1 unspecified atom stereocenters. The van der Waals surface area contributed by atoms with Gasteiger partial charge in [-0.1, -0.05) is 33.0 Å². The summed E-state index contributed by atoms with van der Waals surface area (Å²) in [6.45, 7) is 10.2. The van der Waals surface area contributed by atoms with Crippen molar-refractivity contribution in [2.24, 2.45) is 0 Å². The number of ether oxygens (including phenoxy) is 5. The zero-order chi connectivity index (χ0) is 25.8. The summed E-state index contributed by atoms with van der Waals surface area (Å²) < 4.78 is 27.5. The lowest BCUT2D eigenvalue weighted by atomic mass is 10.1. The summed E-state index contributed by atoms with van der Waals surface area (Å²) in [7, 11) is -0.382. The zero-order valence-electron chi connectivity index (χ0n) is 21.6. The van der Waals surface area contributed by atoms with E-state index in [2.05, 4.69) is 36.5 Å². The predicted octanol–water partition coefficient (Wildman–Crippen LogP) is 4.57. The van der Waals surface area contributed by atoms with Crippen LogP contribution in [0.3, 0.4) is 0 Å². The number of nitrogens with zero attached hydrogens (tertiary/aromatic N) is 1. The smallest absolute Gasteiger partial charge is 0.344 e. The van der Waals surface area contributed by atoms with E-state index in [4.69, 9.17) is 23.7 Å². The first-order chi connectivity index (χ1) is 16.7. The van der Waals surface area contributed by atoms with Crippen molar-refractivity contribution in [2.45, 2.75) is 64.9 Å². The molecule has 1 aromatic carbocycles. The van der Waals surface area contributed by atoms with Crippen molar-refractivity contribution in [1.29, 1.82) is 0 Å². The first-order valence-electron chi connectivity index (χ1n) is 12.0. The number of rotatable bonds is 16. The second-order valence-corrected chi connectivity index (χ2v) is 14.5. The highest BCUT2D eigenvalue weighted by molar-refractivity contribution is 6.77. The van der Waals surface area contributed by atoms with Crippen molar-refractivity contribution < 1.29 is 33.3 Å². The van der Waals surface area contributed by atoms with Crippen LogP contribution >= 0.6 is 0 Å². The Morgan fingerprint density at radius 3 is 2.57 bits per heavy atom. The van der Waals surface area contributed by atoms with Gasteiger partial charge in [0, 0.05) is 18.9 Å². The molecule has 0 bridgehead atoms. The second-order valence-electron chi connectivity index (χ2n) is 9.16. The van der Waals surface area contributed by atoms with E-state index < -0.39 is 14.0 Å². The number of ketones is 1. The number of esters is 1. The highest BCUT2D eigenvalue weighted by atomic mass is 28.3. The SMILES string of the molecule is CCCCc1ncc(OCOC(CC(=O)c2ccc(OC)cc2OCC(=O)OCC)[Si](C)(C)C)[nH]1. The van der Waals surface area contributed by atoms with Crippen molar-refractivity contribution in [3.8, 4) is 17.4 Å². The number of aromatic nitrogens is 2. The molecule has 0 saturated heterocycles. The topological polar surface area (TPSA) is 109 Å². The fourth-order valence-corrected chi connectivity index (χ4v) is 4.65. The minimum atomic E-state index is -1.90. The first-order valence-corrected chi connectivity index (χ1v) is 15.5. The minimum absolute atomic E-state index is 0.00640. The molecule has 2 aromatic rings. The van der Waals surface area contributed by atoms with Gasteiger partial charge >= 0.3 is 5.97 Å². The zero-order valence-corrected chi connectivity index (χ0v) is 22.6. The van der Waals surface area contributed by atoms with Gasteiger partial charge in [0.25, 0.3) is 0 Å². The summed E-state index contributed by atoms with van der Waals surface area (Å²) in [6, 6.07) is 4.92. The van der Waals surface area contributed by atoms with Crippen molar-refractivity contribution in [3.05, 3.63) is 35.8 Å². The Hall–Kier alpha value is -2.85. The van der Waals surface area contributed by atoms with Gasteiger partial charge in [-0.15, -0.1) is 0 Å². The number of carbonyl (C=O) groups excluding carboxylic acids is 2. The molecular weight excluding hydrogens is 468 g/mol. The first kappa shape index (κ1) is 28.4. The van der Waals surface area contributed by atoms with Gasteiger partial charge in [0.15, 0.2) is 19.2 Å². The largest absolute Gasteiger partial charge is 0.497 e. The molecule has 10 heteroatoms. The summed E-state index contributed by atoms with van der Waals surface area (Å²) in [4.78, 5) is 32.5. The summed E-state index contributed by atoms with van der Waals surface area (Å²) in [5.74, 6) is 1.55. The van der Waals surface area contributed by atoms with Crippen molar-refractivity contribution in [3.63, 3.8) is 0 Å². The number of unbranched alkanes of at least 4 members (excludes halogenated alkanes) is 1. The maximum Gasteiger partial charge on any atom is 0.344 e. The lowest BCUT2D eigenvalue weighted by Gasteiger charge is -2.28. The molecule has 1 atom stereocenters. The normalized spacial score (nSPS) is 12.2. The molecule has 2 rings (SSSR count). The van der Waals surface area contributed by atoms with Crippen molar-refractivity contribution in [2.75, 3.05) is 27.1 Å². The number of carbonyl (C=O) groups is 2. The van der Waals surface area contributed by atoms with E-state index in [1.807, 2.05) is 0 Å². The van der Waals surface area contributed by atoms with E-state index >= 15 is 0 Å². The Bertz CT molecular complexity index is 956. The Balaban J connectivity index is 2.05. The third-order valence-electron chi connectivity index (χ3n) is 5.33. The molecule has 9 nitrogen and oxygen atoms in total. The number of benzene rings is 1. The molecule has 194 valence electrons. The van der Waals surface area contributed by atoms with Crippen LogP contribution in [0.15, 0.2) is 24.4 Å². The van der Waals surface area contributed by atoms with Crippen LogP contribution in [0.1, 0.15) is 49.3 Å². The molecule has 0 aliphatic carbocycles. The van der Waals surface area contributed by atoms with Crippen LogP contribution in [0, 0.1) is 0 Å². The average Bonchev–Trinajstić information content (AvgIpc) is 3.27. The van der Waals surface area contributed by atoms with Crippen molar-refractivity contribution >= 4 is 19.8 Å². The van der Waals surface area contributed by atoms with Crippen LogP contribution in [0.4, 0.5) is 0 Å². The summed E-state index contributed by atoms with van der Waals surface area (Å²) >= 11 is 0. The van der Waals surface area contributed by atoms with Gasteiger partial charge in [-0.25, -0.2) is 9.78 Å². The molecule has 0 saturated carbocycles. The van der Waals surface area contributed by atoms with E-state index in [1.54, 1.807) is 31.3 Å². The number of H-pyrrole nitrogens is 1.